The second-order valence-electron chi connectivity index (χ2n) is 4.54. The maximum Gasteiger partial charge on any atom is 0.437 e. The lowest BCUT2D eigenvalue weighted by molar-refractivity contribution is -0.445. The van der Waals surface area contributed by atoms with Gasteiger partial charge in [0.05, 0.1) is 6.10 Å². The summed E-state index contributed by atoms with van der Waals surface area (Å²) in [5.41, 5.74) is -7.24. The molecule has 0 rings (SSSR count). The Morgan fingerprint density at radius 1 is 0.783 bits per heavy atom. The molecule has 0 radical (unpaired) electrons. The first-order valence-electron chi connectivity index (χ1n) is 5.76. The summed E-state index contributed by atoms with van der Waals surface area (Å²) in [6.45, 7) is 1.51. The van der Waals surface area contributed by atoms with Gasteiger partial charge in [0.2, 0.25) is 0 Å². The Balaban J connectivity index is 6.51. The summed E-state index contributed by atoms with van der Waals surface area (Å²) < 4.78 is 155. The summed E-state index contributed by atoms with van der Waals surface area (Å²) in [7, 11) is 0. The largest absolute Gasteiger partial charge is 0.437 e. The normalized spacial score (nSPS) is 20.1. The summed E-state index contributed by atoms with van der Waals surface area (Å²) in [6.07, 6.45) is -29.4. The van der Waals surface area contributed by atoms with Gasteiger partial charge in [-0.25, -0.2) is 13.2 Å². The van der Waals surface area contributed by atoms with Crippen LogP contribution in [0.15, 0.2) is 0 Å². The van der Waals surface area contributed by atoms with Gasteiger partial charge in [-0.3, -0.25) is 0 Å². The van der Waals surface area contributed by atoms with Crippen LogP contribution < -0.4 is 0 Å². The van der Waals surface area contributed by atoms with Crippen LogP contribution >= 0.6 is 0 Å². The molecule has 0 saturated heterocycles. The highest BCUT2D eigenvalue weighted by molar-refractivity contribution is 5.10. The third kappa shape index (κ3) is 3.79. The van der Waals surface area contributed by atoms with Crippen molar-refractivity contribution in [2.24, 2.45) is 0 Å². The van der Waals surface area contributed by atoms with E-state index in [2.05, 4.69) is 4.74 Å². The van der Waals surface area contributed by atoms with Crippen molar-refractivity contribution in [3.63, 3.8) is 0 Å². The molecule has 1 nitrogen and oxygen atoms in total. The summed E-state index contributed by atoms with van der Waals surface area (Å²) in [6, 6.07) is 0. The molecule has 0 fully saturated rings. The highest BCUT2D eigenvalue weighted by atomic mass is 19.4. The lowest BCUT2D eigenvalue weighted by Crippen LogP contribution is -2.72. The molecule has 0 heterocycles. The number of ether oxygens (including phenoxy) is 1. The third-order valence-electron chi connectivity index (χ3n) is 2.81. The molecular weight excluding hydrogens is 364 g/mol. The molecule has 0 aromatic rings. The SMILES string of the molecule is CCC(C)OC(F)(C(F)C(F)(F)F)C(F)(C(F)(F)F)C(F)(F)F. The second-order valence-corrected chi connectivity index (χ2v) is 4.54. The smallest absolute Gasteiger partial charge is 0.337 e. The lowest BCUT2D eigenvalue weighted by atomic mass is 9.89. The molecule has 0 aliphatic carbocycles. The highest BCUT2D eigenvalue weighted by Gasteiger charge is 2.88. The first kappa shape index (κ1) is 22.1. The van der Waals surface area contributed by atoms with Crippen molar-refractivity contribution in [2.75, 3.05) is 0 Å². The number of hydrogen-bond donors (Lipinski definition) is 0. The van der Waals surface area contributed by atoms with Gasteiger partial charge in [-0.2, -0.15) is 39.5 Å². The Bertz CT molecular complexity index is 382. The van der Waals surface area contributed by atoms with Crippen molar-refractivity contribution in [2.45, 2.75) is 62.6 Å². The van der Waals surface area contributed by atoms with Gasteiger partial charge in [0.25, 0.3) is 6.17 Å². The number of alkyl halides is 12. The molecule has 140 valence electrons. The molecule has 3 unspecified atom stereocenters. The Hall–Kier alpha value is -0.880. The minimum Gasteiger partial charge on any atom is -0.337 e. The zero-order valence-electron chi connectivity index (χ0n) is 11.3. The summed E-state index contributed by atoms with van der Waals surface area (Å²) in [5.74, 6) is -6.42. The molecule has 23 heavy (non-hydrogen) atoms. The summed E-state index contributed by atoms with van der Waals surface area (Å²) in [5, 5.41) is 0. The first-order chi connectivity index (χ1) is 9.86. The van der Waals surface area contributed by atoms with E-state index in [1.165, 1.54) is 0 Å². The van der Waals surface area contributed by atoms with Gasteiger partial charge in [-0.1, -0.05) is 6.92 Å². The van der Waals surface area contributed by atoms with E-state index in [4.69, 9.17) is 0 Å². The van der Waals surface area contributed by atoms with E-state index in [0.717, 1.165) is 6.92 Å². The van der Waals surface area contributed by atoms with E-state index in [1.807, 2.05) is 0 Å². The third-order valence-corrected chi connectivity index (χ3v) is 2.81. The van der Waals surface area contributed by atoms with Crippen LogP contribution in [0.4, 0.5) is 52.7 Å². The molecule has 3 atom stereocenters. The van der Waals surface area contributed by atoms with E-state index in [9.17, 15) is 52.7 Å². The molecule has 0 spiro atoms. The molecule has 0 saturated carbocycles. The molecule has 0 amide bonds. The zero-order valence-corrected chi connectivity index (χ0v) is 11.3. The van der Waals surface area contributed by atoms with Gasteiger partial charge >= 0.3 is 30.1 Å². The molecule has 0 aliphatic rings. The van der Waals surface area contributed by atoms with Crippen molar-refractivity contribution >= 4 is 0 Å². The lowest BCUT2D eigenvalue weighted by Gasteiger charge is -2.43. The zero-order chi connectivity index (χ0) is 19.1. The van der Waals surface area contributed by atoms with Crippen LogP contribution in [0.5, 0.6) is 0 Å². The van der Waals surface area contributed by atoms with Crippen LogP contribution in [0.2, 0.25) is 0 Å². The maximum absolute atomic E-state index is 14.0. The number of halogens is 12. The molecule has 0 N–H and O–H groups in total. The van der Waals surface area contributed by atoms with Gasteiger partial charge in [-0.05, 0) is 13.3 Å². The Labute approximate surface area is 121 Å². The van der Waals surface area contributed by atoms with Crippen molar-refractivity contribution < 1.29 is 57.4 Å². The minimum absolute atomic E-state index is 0.546. The highest BCUT2D eigenvalue weighted by Crippen LogP contribution is 2.58. The van der Waals surface area contributed by atoms with Gasteiger partial charge in [-0.15, -0.1) is 0 Å². The van der Waals surface area contributed by atoms with Crippen molar-refractivity contribution in [1.82, 2.24) is 0 Å². The summed E-state index contributed by atoms with van der Waals surface area (Å²) in [4.78, 5) is 0. The Kier molecular flexibility index (Phi) is 5.97. The fraction of sp³-hybridized carbons (Fsp3) is 1.00. The fourth-order valence-corrected chi connectivity index (χ4v) is 1.45. The Morgan fingerprint density at radius 2 is 1.13 bits per heavy atom. The Morgan fingerprint density at radius 3 is 1.35 bits per heavy atom. The van der Waals surface area contributed by atoms with E-state index in [-0.39, 0.29) is 0 Å². The van der Waals surface area contributed by atoms with Crippen molar-refractivity contribution in [3.8, 4) is 0 Å². The molecule has 0 aliphatic heterocycles. The molecule has 0 aromatic carbocycles. The van der Waals surface area contributed by atoms with Crippen LogP contribution in [0.3, 0.4) is 0 Å². The maximum atomic E-state index is 14.0. The van der Waals surface area contributed by atoms with Crippen LogP contribution in [-0.4, -0.2) is 42.3 Å². The minimum atomic E-state index is -7.27. The fourth-order valence-electron chi connectivity index (χ4n) is 1.45. The average Bonchev–Trinajstić information content (AvgIpc) is 2.32. The first-order valence-corrected chi connectivity index (χ1v) is 5.76. The topological polar surface area (TPSA) is 9.23 Å². The van der Waals surface area contributed by atoms with E-state index in [1.54, 1.807) is 0 Å². The average molecular weight is 374 g/mol. The van der Waals surface area contributed by atoms with Gasteiger partial charge < -0.3 is 4.74 Å². The van der Waals surface area contributed by atoms with Gasteiger partial charge in [0, 0.05) is 0 Å². The molecule has 0 bridgehead atoms. The monoisotopic (exact) mass is 374 g/mol. The predicted molar refractivity (Wildman–Crippen MR) is 51.6 cm³/mol. The quantitative estimate of drug-likeness (QED) is 0.601. The van der Waals surface area contributed by atoms with Crippen LogP contribution in [0, 0.1) is 0 Å². The van der Waals surface area contributed by atoms with E-state index in [0.29, 0.717) is 6.92 Å². The van der Waals surface area contributed by atoms with Crippen molar-refractivity contribution in [3.05, 3.63) is 0 Å². The molecular formula is C10H10F12O. The number of rotatable bonds is 5. The number of hydrogen-bond acceptors (Lipinski definition) is 1. The summed E-state index contributed by atoms with van der Waals surface area (Å²) >= 11 is 0. The standard InChI is InChI=1S/C10H10F12O/c1-3-4(2)23-6(12,5(11)7(13,14)15)8(16,9(17,18)19)10(20,21)22/h4-5H,3H2,1-2H3. The van der Waals surface area contributed by atoms with E-state index >= 15 is 0 Å². The van der Waals surface area contributed by atoms with Gasteiger partial charge in [0.15, 0.2) is 0 Å². The van der Waals surface area contributed by atoms with E-state index < -0.39 is 48.7 Å². The van der Waals surface area contributed by atoms with Crippen LogP contribution in [0.1, 0.15) is 20.3 Å². The van der Waals surface area contributed by atoms with Gasteiger partial charge in [0.1, 0.15) is 0 Å². The molecule has 0 aromatic heterocycles. The molecule has 13 heteroatoms. The van der Waals surface area contributed by atoms with Crippen LogP contribution in [-0.2, 0) is 4.74 Å². The second kappa shape index (κ2) is 6.20. The van der Waals surface area contributed by atoms with Crippen LogP contribution in [0.25, 0.3) is 0 Å². The predicted octanol–water partition coefficient (Wildman–Crippen LogP) is 5.20. The van der Waals surface area contributed by atoms with Crippen molar-refractivity contribution in [1.29, 1.82) is 0 Å².